The zero-order valence-corrected chi connectivity index (χ0v) is 12.8. The molecule has 0 radical (unpaired) electrons. The van der Waals surface area contributed by atoms with Crippen LogP contribution in [0.15, 0.2) is 22.9 Å². The molecular weight excluding hydrogens is 240 g/mol. The van der Waals surface area contributed by atoms with E-state index in [1.807, 2.05) is 22.9 Å². The molecule has 0 unspecified atom stereocenters. The van der Waals surface area contributed by atoms with Crippen molar-refractivity contribution in [2.45, 2.75) is 71.1 Å². The largest absolute Gasteiger partial charge is 0.396 e. The van der Waals surface area contributed by atoms with Crippen LogP contribution in [0.2, 0.25) is 0 Å². The molecule has 0 aliphatic rings. The number of rotatable bonds is 10. The van der Waals surface area contributed by atoms with Crippen molar-refractivity contribution < 1.29 is 5.11 Å². The normalized spacial score (nSPS) is 9.89. The highest BCUT2D eigenvalue weighted by Gasteiger charge is 1.91. The highest BCUT2D eigenvalue weighted by Crippen LogP contribution is 2.09. The molecule has 0 fully saturated rings. The first-order valence-electron chi connectivity index (χ1n) is 7.49. The first-order chi connectivity index (χ1) is 8.91. The van der Waals surface area contributed by atoms with Gasteiger partial charge in [0.25, 0.3) is 0 Å². The van der Waals surface area contributed by atoms with Gasteiger partial charge in [-0.1, -0.05) is 76.8 Å². The van der Waals surface area contributed by atoms with Gasteiger partial charge in [0, 0.05) is 6.61 Å². The Kier molecular flexibility index (Phi) is 16.3. The summed E-state index contributed by atoms with van der Waals surface area (Å²) < 4.78 is 0. The Morgan fingerprint density at radius 3 is 1.50 bits per heavy atom. The minimum absolute atomic E-state index is 0.372. The minimum atomic E-state index is 0.372. The van der Waals surface area contributed by atoms with E-state index in [1.165, 1.54) is 57.8 Å². The molecule has 2 heteroatoms. The van der Waals surface area contributed by atoms with E-state index in [9.17, 15) is 0 Å². The lowest BCUT2D eigenvalue weighted by atomic mass is 10.1. The van der Waals surface area contributed by atoms with Crippen molar-refractivity contribution in [1.82, 2.24) is 0 Å². The van der Waals surface area contributed by atoms with Crippen molar-refractivity contribution in [2.24, 2.45) is 0 Å². The van der Waals surface area contributed by atoms with Gasteiger partial charge in [-0.3, -0.25) is 0 Å². The minimum Gasteiger partial charge on any atom is -0.396 e. The number of hydrogen-bond acceptors (Lipinski definition) is 2. The summed E-state index contributed by atoms with van der Waals surface area (Å²) in [6.45, 7) is 2.63. The Labute approximate surface area is 117 Å². The summed E-state index contributed by atoms with van der Waals surface area (Å²) in [4.78, 5) is 0. The van der Waals surface area contributed by atoms with E-state index in [1.54, 1.807) is 11.3 Å². The van der Waals surface area contributed by atoms with E-state index in [0.717, 1.165) is 6.42 Å². The Balaban J connectivity index is 0.000000473. The quantitative estimate of drug-likeness (QED) is 0.545. The molecule has 106 valence electrons. The first kappa shape index (κ1) is 17.7. The molecule has 1 aromatic heterocycles. The number of hydrogen-bond donors (Lipinski definition) is 1. The van der Waals surface area contributed by atoms with Crippen molar-refractivity contribution >= 4 is 11.3 Å². The fourth-order valence-corrected chi connectivity index (χ4v) is 2.28. The highest BCUT2D eigenvalue weighted by atomic mass is 32.1. The summed E-state index contributed by atoms with van der Waals surface area (Å²) >= 11 is 1.71. The topological polar surface area (TPSA) is 20.2 Å². The lowest BCUT2D eigenvalue weighted by molar-refractivity contribution is 0.282. The second-order valence-corrected chi connectivity index (χ2v) is 5.52. The first-order valence-corrected chi connectivity index (χ1v) is 8.44. The Morgan fingerprint density at radius 1 is 0.722 bits per heavy atom. The Bertz CT molecular complexity index is 182. The number of thiophene rings is 1. The third-order valence-corrected chi connectivity index (χ3v) is 3.57. The molecule has 1 nitrogen and oxygen atoms in total. The molecule has 18 heavy (non-hydrogen) atoms. The SMILES string of the molecule is CCCCCCCCCCCCO.c1ccsc1. The maximum absolute atomic E-state index is 8.57. The van der Waals surface area contributed by atoms with Gasteiger partial charge in [-0.15, -0.1) is 0 Å². The molecule has 0 spiro atoms. The van der Waals surface area contributed by atoms with Crippen molar-refractivity contribution in [3.63, 3.8) is 0 Å². The summed E-state index contributed by atoms with van der Waals surface area (Å²) in [6.07, 6.45) is 13.3. The van der Waals surface area contributed by atoms with Crippen LogP contribution in [0.25, 0.3) is 0 Å². The van der Waals surface area contributed by atoms with Crippen molar-refractivity contribution in [3.05, 3.63) is 22.9 Å². The second kappa shape index (κ2) is 16.7. The van der Waals surface area contributed by atoms with Crippen molar-refractivity contribution in [3.8, 4) is 0 Å². The standard InChI is InChI=1S/C12H26O.C4H4S/c1-2-3-4-5-6-7-8-9-10-11-12-13;1-2-4-5-3-1/h13H,2-12H2,1H3;1-4H. The molecule has 0 aliphatic heterocycles. The summed E-state index contributed by atoms with van der Waals surface area (Å²) in [5.74, 6) is 0. The highest BCUT2D eigenvalue weighted by molar-refractivity contribution is 7.07. The third-order valence-electron chi connectivity index (χ3n) is 2.94. The summed E-state index contributed by atoms with van der Waals surface area (Å²) in [7, 11) is 0. The smallest absolute Gasteiger partial charge is 0.0431 e. The molecule has 1 aromatic rings. The molecule has 0 aromatic carbocycles. The van der Waals surface area contributed by atoms with Gasteiger partial charge < -0.3 is 5.11 Å². The van der Waals surface area contributed by atoms with E-state index < -0.39 is 0 Å². The predicted molar refractivity (Wildman–Crippen MR) is 83.2 cm³/mol. The van der Waals surface area contributed by atoms with Crippen LogP contribution < -0.4 is 0 Å². The van der Waals surface area contributed by atoms with Crippen LogP contribution in [-0.2, 0) is 0 Å². The Morgan fingerprint density at radius 2 is 1.17 bits per heavy atom. The van der Waals surface area contributed by atoms with Gasteiger partial charge >= 0.3 is 0 Å². The maximum atomic E-state index is 8.57. The molecular formula is C16H30OS. The van der Waals surface area contributed by atoms with Gasteiger partial charge in [0.2, 0.25) is 0 Å². The van der Waals surface area contributed by atoms with Gasteiger partial charge in [0.15, 0.2) is 0 Å². The van der Waals surface area contributed by atoms with Crippen LogP contribution >= 0.6 is 11.3 Å². The average Bonchev–Trinajstić information content (AvgIpc) is 2.96. The van der Waals surface area contributed by atoms with E-state index in [4.69, 9.17) is 5.11 Å². The third kappa shape index (κ3) is 15.7. The summed E-state index contributed by atoms with van der Waals surface area (Å²) in [5, 5.41) is 12.6. The lowest BCUT2D eigenvalue weighted by Gasteiger charge is -2.00. The van der Waals surface area contributed by atoms with E-state index in [-0.39, 0.29) is 0 Å². The van der Waals surface area contributed by atoms with Gasteiger partial charge in [0.05, 0.1) is 0 Å². The summed E-state index contributed by atoms with van der Waals surface area (Å²) in [5.41, 5.74) is 0. The molecule has 0 amide bonds. The van der Waals surface area contributed by atoms with Gasteiger partial charge in [-0.25, -0.2) is 0 Å². The van der Waals surface area contributed by atoms with E-state index >= 15 is 0 Å². The van der Waals surface area contributed by atoms with Crippen molar-refractivity contribution in [1.29, 1.82) is 0 Å². The maximum Gasteiger partial charge on any atom is 0.0431 e. The molecule has 1 rings (SSSR count). The number of aliphatic hydroxyl groups is 1. The fourth-order valence-electron chi connectivity index (χ4n) is 1.83. The van der Waals surface area contributed by atoms with Crippen LogP contribution in [0.3, 0.4) is 0 Å². The molecule has 0 bridgehead atoms. The molecule has 0 saturated carbocycles. The lowest BCUT2D eigenvalue weighted by Crippen LogP contribution is -1.84. The van der Waals surface area contributed by atoms with Crippen LogP contribution in [0.1, 0.15) is 71.1 Å². The molecule has 0 aliphatic carbocycles. The van der Waals surface area contributed by atoms with E-state index in [0.29, 0.717) is 6.61 Å². The van der Waals surface area contributed by atoms with Crippen LogP contribution in [0, 0.1) is 0 Å². The second-order valence-electron chi connectivity index (χ2n) is 4.70. The monoisotopic (exact) mass is 270 g/mol. The Hall–Kier alpha value is -0.340. The molecule has 0 atom stereocenters. The van der Waals surface area contributed by atoms with Crippen LogP contribution in [0.5, 0.6) is 0 Å². The van der Waals surface area contributed by atoms with Crippen LogP contribution in [-0.4, -0.2) is 11.7 Å². The fraction of sp³-hybridized carbons (Fsp3) is 0.750. The zero-order chi connectivity index (χ0) is 13.3. The molecule has 1 heterocycles. The number of unbranched alkanes of at least 4 members (excludes halogenated alkanes) is 9. The number of aliphatic hydroxyl groups excluding tert-OH is 1. The van der Waals surface area contributed by atoms with Gasteiger partial charge in [0.1, 0.15) is 0 Å². The zero-order valence-electron chi connectivity index (χ0n) is 11.9. The van der Waals surface area contributed by atoms with Gasteiger partial charge in [-0.2, -0.15) is 11.3 Å². The summed E-state index contributed by atoms with van der Waals surface area (Å²) in [6, 6.07) is 4.04. The van der Waals surface area contributed by atoms with Gasteiger partial charge in [-0.05, 0) is 17.2 Å². The average molecular weight is 270 g/mol. The molecule has 0 saturated heterocycles. The van der Waals surface area contributed by atoms with Crippen LogP contribution in [0.4, 0.5) is 0 Å². The van der Waals surface area contributed by atoms with Crippen molar-refractivity contribution in [2.75, 3.05) is 6.61 Å². The molecule has 1 N–H and O–H groups in total. The van der Waals surface area contributed by atoms with E-state index in [2.05, 4.69) is 6.92 Å². The predicted octanol–water partition coefficient (Wildman–Crippen LogP) is 5.65.